The second-order valence-electron chi connectivity index (χ2n) is 5.82. The van der Waals surface area contributed by atoms with Crippen molar-refractivity contribution in [3.63, 3.8) is 0 Å². The molecule has 4 nitrogen and oxygen atoms in total. The summed E-state index contributed by atoms with van der Waals surface area (Å²) in [7, 11) is 0. The van der Waals surface area contributed by atoms with E-state index < -0.39 is 5.82 Å². The smallest absolute Gasteiger partial charge is 0.222 e. The van der Waals surface area contributed by atoms with Crippen LogP contribution in [0.15, 0.2) is 42.5 Å². The minimum absolute atomic E-state index is 0.0182. The summed E-state index contributed by atoms with van der Waals surface area (Å²) in [6.07, 6.45) is 1.53. The molecule has 0 spiro atoms. The fraction of sp³-hybridized carbons (Fsp3) is 0.263. The Kier molecular flexibility index (Phi) is 4.76. The van der Waals surface area contributed by atoms with E-state index in [0.717, 1.165) is 24.1 Å². The zero-order valence-corrected chi connectivity index (χ0v) is 13.3. The maximum absolute atomic E-state index is 13.7. The van der Waals surface area contributed by atoms with E-state index in [9.17, 15) is 9.18 Å². The zero-order valence-electron chi connectivity index (χ0n) is 13.3. The predicted molar refractivity (Wildman–Crippen MR) is 89.5 cm³/mol. The second kappa shape index (κ2) is 7.14. The van der Waals surface area contributed by atoms with Crippen LogP contribution in [-0.2, 0) is 17.9 Å². The van der Waals surface area contributed by atoms with Gasteiger partial charge >= 0.3 is 0 Å². The summed E-state index contributed by atoms with van der Waals surface area (Å²) in [6, 6.07) is 14.3. The lowest BCUT2D eigenvalue weighted by atomic mass is 10.1. The van der Waals surface area contributed by atoms with E-state index in [1.165, 1.54) is 6.07 Å². The molecule has 1 saturated heterocycles. The predicted octanol–water partition coefficient (Wildman–Crippen LogP) is 3.43. The number of carbonyl (C=O) groups excluding carboxylic acids is 1. The van der Waals surface area contributed by atoms with Crippen molar-refractivity contribution in [2.75, 3.05) is 11.9 Å². The highest BCUT2D eigenvalue weighted by Crippen LogP contribution is 2.21. The number of nitriles is 1. The van der Waals surface area contributed by atoms with Gasteiger partial charge in [-0.15, -0.1) is 0 Å². The summed E-state index contributed by atoms with van der Waals surface area (Å²) in [4.78, 5) is 13.7. The highest BCUT2D eigenvalue weighted by molar-refractivity contribution is 5.78. The van der Waals surface area contributed by atoms with E-state index in [2.05, 4.69) is 5.32 Å². The molecule has 122 valence electrons. The number of anilines is 1. The summed E-state index contributed by atoms with van der Waals surface area (Å²) in [6.45, 7) is 1.85. The monoisotopic (exact) mass is 323 g/mol. The van der Waals surface area contributed by atoms with Gasteiger partial charge in [0.25, 0.3) is 0 Å². The third kappa shape index (κ3) is 3.38. The number of benzene rings is 2. The lowest BCUT2D eigenvalue weighted by Gasteiger charge is -2.18. The molecule has 1 N–H and O–H groups in total. The second-order valence-corrected chi connectivity index (χ2v) is 5.82. The van der Waals surface area contributed by atoms with Gasteiger partial charge in [0.15, 0.2) is 0 Å². The van der Waals surface area contributed by atoms with Crippen molar-refractivity contribution in [2.45, 2.75) is 25.9 Å². The van der Waals surface area contributed by atoms with Gasteiger partial charge in [-0.3, -0.25) is 4.79 Å². The Hall–Kier alpha value is -2.87. The number of nitrogens with zero attached hydrogens (tertiary/aromatic N) is 2. The van der Waals surface area contributed by atoms with Crippen LogP contribution in [0.25, 0.3) is 0 Å². The molecule has 0 saturated carbocycles. The summed E-state index contributed by atoms with van der Waals surface area (Å²) in [5, 5.41) is 12.2. The first-order chi connectivity index (χ1) is 11.7. The third-order valence-corrected chi connectivity index (χ3v) is 4.25. The standard InChI is InChI=1S/C19H18FN3O/c20-17-7-3-8-18(16(17)11-21)22-12-14-5-1-2-6-15(14)13-23-10-4-9-19(23)24/h1-3,5-8,22H,4,9-10,12-13H2. The number of halogens is 1. The van der Waals surface area contributed by atoms with Crippen molar-refractivity contribution in [3.8, 4) is 6.07 Å². The molecule has 1 aliphatic rings. The molecule has 1 heterocycles. The Bertz CT molecular complexity index is 797. The fourth-order valence-corrected chi connectivity index (χ4v) is 2.94. The first-order valence-corrected chi connectivity index (χ1v) is 7.96. The van der Waals surface area contributed by atoms with Crippen LogP contribution in [-0.4, -0.2) is 17.4 Å². The maximum atomic E-state index is 13.7. The van der Waals surface area contributed by atoms with Gasteiger partial charge in [-0.05, 0) is 29.7 Å². The van der Waals surface area contributed by atoms with E-state index >= 15 is 0 Å². The van der Waals surface area contributed by atoms with Gasteiger partial charge < -0.3 is 10.2 Å². The maximum Gasteiger partial charge on any atom is 0.222 e. The van der Waals surface area contributed by atoms with Crippen LogP contribution >= 0.6 is 0 Å². The number of nitrogens with one attached hydrogen (secondary N) is 1. The van der Waals surface area contributed by atoms with E-state index in [1.54, 1.807) is 12.1 Å². The van der Waals surface area contributed by atoms with Gasteiger partial charge in [-0.2, -0.15) is 5.26 Å². The summed E-state index contributed by atoms with van der Waals surface area (Å²) >= 11 is 0. The Balaban J connectivity index is 1.75. The molecule has 1 aliphatic heterocycles. The minimum Gasteiger partial charge on any atom is -0.380 e. The highest BCUT2D eigenvalue weighted by Gasteiger charge is 2.20. The Labute approximate surface area is 140 Å². The topological polar surface area (TPSA) is 56.1 Å². The van der Waals surface area contributed by atoms with Crippen LogP contribution in [0.2, 0.25) is 0 Å². The minimum atomic E-state index is -0.529. The third-order valence-electron chi connectivity index (χ3n) is 4.25. The van der Waals surface area contributed by atoms with Crippen molar-refractivity contribution < 1.29 is 9.18 Å². The molecule has 0 atom stereocenters. The lowest BCUT2D eigenvalue weighted by Crippen LogP contribution is -2.24. The molecule has 0 radical (unpaired) electrons. The average Bonchev–Trinajstić information content (AvgIpc) is 2.99. The van der Waals surface area contributed by atoms with Crippen LogP contribution < -0.4 is 5.32 Å². The van der Waals surface area contributed by atoms with Crippen LogP contribution in [0.4, 0.5) is 10.1 Å². The number of likely N-dealkylation sites (tertiary alicyclic amines) is 1. The van der Waals surface area contributed by atoms with Crippen LogP contribution in [0.3, 0.4) is 0 Å². The summed E-state index contributed by atoms with van der Waals surface area (Å²) < 4.78 is 13.7. The summed E-state index contributed by atoms with van der Waals surface area (Å²) in [5.41, 5.74) is 2.59. The molecule has 2 aromatic carbocycles. The van der Waals surface area contributed by atoms with E-state index in [4.69, 9.17) is 5.26 Å². The first-order valence-electron chi connectivity index (χ1n) is 7.96. The molecule has 1 amide bonds. The Morgan fingerprint density at radius 2 is 1.96 bits per heavy atom. The molecule has 0 aromatic heterocycles. The van der Waals surface area contributed by atoms with Gasteiger partial charge in [-0.1, -0.05) is 30.3 Å². The molecular formula is C19H18FN3O. The van der Waals surface area contributed by atoms with Crippen molar-refractivity contribution in [1.29, 1.82) is 5.26 Å². The molecule has 0 aliphatic carbocycles. The summed E-state index contributed by atoms with van der Waals surface area (Å²) in [5.74, 6) is -0.340. The van der Waals surface area contributed by atoms with E-state index in [1.807, 2.05) is 35.2 Å². The van der Waals surface area contributed by atoms with Crippen LogP contribution in [0, 0.1) is 17.1 Å². The Morgan fingerprint density at radius 1 is 1.17 bits per heavy atom. The van der Waals surface area contributed by atoms with E-state index in [0.29, 0.717) is 25.2 Å². The highest BCUT2D eigenvalue weighted by atomic mass is 19.1. The van der Waals surface area contributed by atoms with Gasteiger partial charge in [0.05, 0.1) is 5.69 Å². The molecule has 3 rings (SSSR count). The average molecular weight is 323 g/mol. The molecule has 2 aromatic rings. The Morgan fingerprint density at radius 3 is 2.67 bits per heavy atom. The number of amides is 1. The number of carbonyl (C=O) groups is 1. The normalized spacial score (nSPS) is 13.8. The van der Waals surface area contributed by atoms with Gasteiger partial charge in [0.2, 0.25) is 5.91 Å². The first kappa shape index (κ1) is 16.0. The number of rotatable bonds is 5. The van der Waals surface area contributed by atoms with Crippen molar-refractivity contribution in [1.82, 2.24) is 4.90 Å². The van der Waals surface area contributed by atoms with Gasteiger partial charge in [-0.25, -0.2) is 4.39 Å². The number of hydrogen-bond acceptors (Lipinski definition) is 3. The number of hydrogen-bond donors (Lipinski definition) is 1. The van der Waals surface area contributed by atoms with Gasteiger partial charge in [0.1, 0.15) is 17.4 Å². The fourth-order valence-electron chi connectivity index (χ4n) is 2.94. The van der Waals surface area contributed by atoms with E-state index in [-0.39, 0.29) is 11.5 Å². The lowest BCUT2D eigenvalue weighted by molar-refractivity contribution is -0.128. The van der Waals surface area contributed by atoms with Crippen LogP contribution in [0.5, 0.6) is 0 Å². The SMILES string of the molecule is N#Cc1c(F)cccc1NCc1ccccc1CN1CCCC1=O. The molecular weight excluding hydrogens is 305 g/mol. The molecule has 1 fully saturated rings. The van der Waals surface area contributed by atoms with Crippen LogP contribution in [0.1, 0.15) is 29.5 Å². The zero-order chi connectivity index (χ0) is 16.9. The molecule has 5 heteroatoms. The molecule has 0 bridgehead atoms. The van der Waals surface area contributed by atoms with Crippen molar-refractivity contribution in [2.24, 2.45) is 0 Å². The van der Waals surface area contributed by atoms with Crippen molar-refractivity contribution >= 4 is 11.6 Å². The van der Waals surface area contributed by atoms with Crippen molar-refractivity contribution in [3.05, 3.63) is 65.0 Å². The largest absolute Gasteiger partial charge is 0.380 e. The molecule has 0 unspecified atom stereocenters. The molecule has 24 heavy (non-hydrogen) atoms. The van der Waals surface area contributed by atoms with Gasteiger partial charge in [0, 0.05) is 26.1 Å². The quantitative estimate of drug-likeness (QED) is 0.917.